The molecule has 0 radical (unpaired) electrons. The molecule has 2 aromatic rings. The normalized spacial score (nSPS) is 18.7. The molecular weight excluding hydrogens is 516 g/mol. The summed E-state index contributed by atoms with van der Waals surface area (Å²) in [5.74, 6) is 1.10. The third kappa shape index (κ3) is 7.67. The van der Waals surface area contributed by atoms with Gasteiger partial charge < -0.3 is 24.8 Å². The Bertz CT molecular complexity index is 1180. The van der Waals surface area contributed by atoms with Gasteiger partial charge in [-0.3, -0.25) is 14.4 Å². The SMILES string of the molecule is CC(=O)NC1CCN(CCCCCOc2ccc(C(=O)N3CCC(N4C(=O)CCc5ccccc54)CC3)cc2)CC1. The largest absolute Gasteiger partial charge is 0.494 e. The summed E-state index contributed by atoms with van der Waals surface area (Å²) in [7, 11) is 0. The van der Waals surface area contributed by atoms with Crippen LogP contribution in [0.1, 0.15) is 74.2 Å². The van der Waals surface area contributed by atoms with Crippen LogP contribution >= 0.6 is 0 Å². The number of unbranched alkanes of at least 4 members (excludes halogenated alkanes) is 2. The Morgan fingerprint density at radius 1 is 0.878 bits per heavy atom. The molecule has 8 heteroatoms. The average Bonchev–Trinajstić information content (AvgIpc) is 2.99. The second-order valence-electron chi connectivity index (χ2n) is 11.7. The van der Waals surface area contributed by atoms with Gasteiger partial charge in [-0.05, 0) is 93.8 Å². The van der Waals surface area contributed by atoms with E-state index in [1.165, 1.54) is 5.56 Å². The van der Waals surface area contributed by atoms with Crippen LogP contribution in [-0.4, -0.2) is 78.9 Å². The van der Waals surface area contributed by atoms with E-state index in [-0.39, 0.29) is 23.8 Å². The van der Waals surface area contributed by atoms with Gasteiger partial charge in [0.2, 0.25) is 11.8 Å². The van der Waals surface area contributed by atoms with Crippen molar-refractivity contribution >= 4 is 23.4 Å². The lowest BCUT2D eigenvalue weighted by Crippen LogP contribution is -2.50. The Labute approximate surface area is 244 Å². The summed E-state index contributed by atoms with van der Waals surface area (Å²) >= 11 is 0. The number of aryl methyl sites for hydroxylation is 1. The summed E-state index contributed by atoms with van der Waals surface area (Å²) < 4.78 is 5.93. The fourth-order valence-electron chi connectivity index (χ4n) is 6.45. The molecule has 2 saturated heterocycles. The van der Waals surface area contributed by atoms with Gasteiger partial charge in [0.25, 0.3) is 5.91 Å². The molecule has 3 aliphatic rings. The molecule has 0 atom stereocenters. The first-order valence-electron chi connectivity index (χ1n) is 15.4. The number of ether oxygens (including phenoxy) is 1. The quantitative estimate of drug-likeness (QED) is 0.435. The van der Waals surface area contributed by atoms with Crippen LogP contribution in [0.3, 0.4) is 0 Å². The summed E-state index contributed by atoms with van der Waals surface area (Å²) in [6.07, 6.45) is 8.30. The summed E-state index contributed by atoms with van der Waals surface area (Å²) in [5, 5.41) is 3.03. The number of hydrogen-bond donors (Lipinski definition) is 1. The number of rotatable bonds is 10. The molecule has 2 fully saturated rings. The van der Waals surface area contributed by atoms with Crippen molar-refractivity contribution in [3.05, 3.63) is 59.7 Å². The monoisotopic (exact) mass is 560 g/mol. The minimum atomic E-state index is 0.0430. The smallest absolute Gasteiger partial charge is 0.253 e. The van der Waals surface area contributed by atoms with E-state index in [2.05, 4.69) is 22.3 Å². The second-order valence-corrected chi connectivity index (χ2v) is 11.7. The summed E-state index contributed by atoms with van der Waals surface area (Å²) in [6.45, 7) is 6.77. The lowest BCUT2D eigenvalue weighted by Gasteiger charge is -2.41. The molecule has 0 aliphatic carbocycles. The van der Waals surface area contributed by atoms with E-state index in [4.69, 9.17) is 4.74 Å². The van der Waals surface area contributed by atoms with Crippen molar-refractivity contribution in [2.75, 3.05) is 44.2 Å². The van der Waals surface area contributed by atoms with Crippen molar-refractivity contribution < 1.29 is 19.1 Å². The number of piperidine rings is 2. The van der Waals surface area contributed by atoms with Gasteiger partial charge in [0, 0.05) is 62.9 Å². The molecule has 0 spiro atoms. The number of nitrogens with zero attached hydrogens (tertiary/aromatic N) is 3. The van der Waals surface area contributed by atoms with Crippen LogP contribution in [0.2, 0.25) is 0 Å². The molecular formula is C33H44N4O4. The lowest BCUT2D eigenvalue weighted by molar-refractivity contribution is -0.120. The molecule has 2 aromatic carbocycles. The highest BCUT2D eigenvalue weighted by molar-refractivity contribution is 5.97. The Hall–Kier alpha value is -3.39. The minimum Gasteiger partial charge on any atom is -0.494 e. The highest BCUT2D eigenvalue weighted by Gasteiger charge is 2.33. The first-order valence-corrected chi connectivity index (χ1v) is 15.4. The average molecular weight is 561 g/mol. The number of likely N-dealkylation sites (tertiary alicyclic amines) is 2. The van der Waals surface area contributed by atoms with Gasteiger partial charge in [-0.1, -0.05) is 18.2 Å². The number of carbonyl (C=O) groups excluding carboxylic acids is 3. The number of amides is 3. The van der Waals surface area contributed by atoms with Crippen molar-refractivity contribution in [1.29, 1.82) is 0 Å². The Morgan fingerprint density at radius 2 is 1.61 bits per heavy atom. The van der Waals surface area contributed by atoms with Gasteiger partial charge in [0.15, 0.2) is 0 Å². The number of hydrogen-bond acceptors (Lipinski definition) is 5. The van der Waals surface area contributed by atoms with E-state index in [1.807, 2.05) is 46.2 Å². The molecule has 3 amide bonds. The maximum Gasteiger partial charge on any atom is 0.253 e. The predicted molar refractivity (Wildman–Crippen MR) is 160 cm³/mol. The minimum absolute atomic E-state index is 0.0430. The molecule has 8 nitrogen and oxygen atoms in total. The number of anilines is 1. The first-order chi connectivity index (χ1) is 20.0. The number of carbonyl (C=O) groups is 3. The standard InChI is InChI=1S/C33H44N4O4/c1-25(38)34-28-15-20-35(21-16-28)19-5-2-6-24-41-30-12-9-27(10-13-30)33(40)36-22-17-29(18-23-36)37-31-8-4-3-7-26(31)11-14-32(37)39/h3-4,7-10,12-13,28-29H,2,5-6,11,14-24H2,1H3,(H,34,38). The van der Waals surface area contributed by atoms with Gasteiger partial charge >= 0.3 is 0 Å². The van der Waals surface area contributed by atoms with E-state index >= 15 is 0 Å². The molecule has 3 heterocycles. The van der Waals surface area contributed by atoms with E-state index < -0.39 is 0 Å². The van der Waals surface area contributed by atoms with E-state index in [1.54, 1.807) is 6.92 Å². The molecule has 0 bridgehead atoms. The molecule has 220 valence electrons. The maximum absolute atomic E-state index is 13.2. The summed E-state index contributed by atoms with van der Waals surface area (Å²) in [5.41, 5.74) is 2.96. The molecule has 1 N–H and O–H groups in total. The van der Waals surface area contributed by atoms with Crippen molar-refractivity contribution in [2.24, 2.45) is 0 Å². The maximum atomic E-state index is 13.2. The Kier molecular flexibility index (Phi) is 9.93. The number of fused-ring (bicyclic) bond motifs is 1. The summed E-state index contributed by atoms with van der Waals surface area (Å²) in [6, 6.07) is 16.2. The Balaban J connectivity index is 0.990. The van der Waals surface area contributed by atoms with Crippen LogP contribution in [-0.2, 0) is 16.0 Å². The third-order valence-electron chi connectivity index (χ3n) is 8.73. The zero-order valence-electron chi connectivity index (χ0n) is 24.4. The third-order valence-corrected chi connectivity index (χ3v) is 8.73. The fraction of sp³-hybridized carbons (Fsp3) is 0.545. The van der Waals surface area contributed by atoms with E-state index in [9.17, 15) is 14.4 Å². The lowest BCUT2D eigenvalue weighted by atomic mass is 9.95. The second kappa shape index (κ2) is 14.0. The number of benzene rings is 2. The number of para-hydroxylation sites is 1. The topological polar surface area (TPSA) is 82.2 Å². The zero-order chi connectivity index (χ0) is 28.6. The molecule has 0 unspecified atom stereocenters. The van der Waals surface area contributed by atoms with Gasteiger partial charge in [-0.15, -0.1) is 0 Å². The van der Waals surface area contributed by atoms with E-state index in [0.29, 0.717) is 37.7 Å². The molecule has 3 aliphatic heterocycles. The molecule has 0 saturated carbocycles. The fourth-order valence-corrected chi connectivity index (χ4v) is 6.45. The van der Waals surface area contributed by atoms with Crippen LogP contribution in [0.4, 0.5) is 5.69 Å². The highest BCUT2D eigenvalue weighted by Crippen LogP contribution is 2.32. The van der Waals surface area contributed by atoms with Gasteiger partial charge in [0.1, 0.15) is 5.75 Å². The Morgan fingerprint density at radius 3 is 2.34 bits per heavy atom. The molecule has 5 rings (SSSR count). The predicted octanol–water partition coefficient (Wildman–Crippen LogP) is 4.42. The molecule has 0 aromatic heterocycles. The van der Waals surface area contributed by atoms with E-state index in [0.717, 1.165) is 82.4 Å². The summed E-state index contributed by atoms with van der Waals surface area (Å²) in [4.78, 5) is 43.5. The van der Waals surface area contributed by atoms with Crippen molar-refractivity contribution in [3.8, 4) is 5.75 Å². The van der Waals surface area contributed by atoms with Crippen LogP contribution in [0.25, 0.3) is 0 Å². The van der Waals surface area contributed by atoms with Crippen molar-refractivity contribution in [3.63, 3.8) is 0 Å². The van der Waals surface area contributed by atoms with Crippen LogP contribution in [0.5, 0.6) is 5.75 Å². The van der Waals surface area contributed by atoms with Crippen LogP contribution in [0.15, 0.2) is 48.5 Å². The van der Waals surface area contributed by atoms with Crippen LogP contribution in [0, 0.1) is 0 Å². The van der Waals surface area contributed by atoms with Gasteiger partial charge in [-0.25, -0.2) is 0 Å². The molecule has 41 heavy (non-hydrogen) atoms. The first kappa shape index (κ1) is 29.1. The van der Waals surface area contributed by atoms with Crippen molar-refractivity contribution in [2.45, 2.75) is 76.8 Å². The number of nitrogens with one attached hydrogen (secondary N) is 1. The van der Waals surface area contributed by atoms with Gasteiger partial charge in [0.05, 0.1) is 6.61 Å². The zero-order valence-corrected chi connectivity index (χ0v) is 24.4. The van der Waals surface area contributed by atoms with Crippen LogP contribution < -0.4 is 15.0 Å². The highest BCUT2D eigenvalue weighted by atomic mass is 16.5. The van der Waals surface area contributed by atoms with Crippen molar-refractivity contribution in [1.82, 2.24) is 15.1 Å². The van der Waals surface area contributed by atoms with Gasteiger partial charge in [-0.2, -0.15) is 0 Å².